The van der Waals surface area contributed by atoms with Crippen molar-refractivity contribution in [2.45, 2.75) is 0 Å². The van der Waals surface area contributed by atoms with E-state index < -0.39 is 11.8 Å². The van der Waals surface area contributed by atoms with Gasteiger partial charge in [0.05, 0.1) is 0 Å². The van der Waals surface area contributed by atoms with E-state index in [0.29, 0.717) is 0 Å². The highest BCUT2D eigenvalue weighted by atomic mass is 19.1. The first-order valence-electron chi connectivity index (χ1n) is 6.04. The van der Waals surface area contributed by atoms with Crippen LogP contribution in [0.4, 0.5) is 4.39 Å². The minimum atomic E-state index is -1.22. The summed E-state index contributed by atoms with van der Waals surface area (Å²) in [6.07, 6.45) is 3.63. The molecule has 4 heteroatoms. The first-order chi connectivity index (χ1) is 9.66. The maximum absolute atomic E-state index is 13.0. The van der Waals surface area contributed by atoms with Gasteiger partial charge in [-0.3, -0.25) is 0 Å². The lowest BCUT2D eigenvalue weighted by atomic mass is 10.2. The van der Waals surface area contributed by atoms with Crippen molar-refractivity contribution in [2.24, 2.45) is 0 Å². The van der Waals surface area contributed by atoms with E-state index in [1.807, 2.05) is 36.4 Å². The normalized spacial score (nSPS) is 10.7. The highest BCUT2D eigenvalue weighted by Crippen LogP contribution is 2.19. The van der Waals surface area contributed by atoms with Gasteiger partial charge in [-0.15, -0.1) is 0 Å². The van der Waals surface area contributed by atoms with Crippen LogP contribution in [-0.2, 0) is 0 Å². The molecule has 0 spiro atoms. The molecule has 0 heterocycles. The molecule has 0 bridgehead atoms. The van der Waals surface area contributed by atoms with E-state index in [0.717, 1.165) is 11.6 Å². The molecule has 0 aliphatic heterocycles. The molecular weight excluding hydrogens is 259 g/mol. The second-order valence-corrected chi connectivity index (χ2v) is 4.07. The van der Waals surface area contributed by atoms with Gasteiger partial charge in [0, 0.05) is 0 Å². The minimum absolute atomic E-state index is 0.150. The third-order valence-corrected chi connectivity index (χ3v) is 2.62. The molecule has 3 nitrogen and oxygen atoms in total. The van der Waals surface area contributed by atoms with E-state index in [2.05, 4.69) is 0 Å². The molecule has 0 atom stereocenters. The number of ether oxygens (including phenoxy) is 1. The fraction of sp³-hybridized carbons (Fsp3) is 0.0625. The van der Waals surface area contributed by atoms with Crippen LogP contribution in [-0.4, -0.2) is 17.7 Å². The largest absolute Gasteiger partial charge is 0.489 e. The van der Waals surface area contributed by atoms with Crippen molar-refractivity contribution < 1.29 is 19.0 Å². The predicted molar refractivity (Wildman–Crippen MR) is 74.3 cm³/mol. The number of hydrogen-bond donors (Lipinski definition) is 1. The Balaban J connectivity index is 2.01. The van der Waals surface area contributed by atoms with Crippen LogP contribution in [0.5, 0.6) is 5.75 Å². The summed E-state index contributed by atoms with van der Waals surface area (Å²) in [6.45, 7) is 0.209. The van der Waals surface area contributed by atoms with Gasteiger partial charge in [0.1, 0.15) is 23.7 Å². The molecule has 102 valence electrons. The summed E-state index contributed by atoms with van der Waals surface area (Å²) in [6, 6.07) is 13.1. The Morgan fingerprint density at radius 1 is 1.20 bits per heavy atom. The molecule has 0 radical (unpaired) electrons. The Morgan fingerprint density at radius 3 is 2.65 bits per heavy atom. The zero-order chi connectivity index (χ0) is 14.4. The lowest BCUT2D eigenvalue weighted by molar-refractivity contribution is 0.0692. The molecule has 0 saturated heterocycles. The second kappa shape index (κ2) is 6.52. The van der Waals surface area contributed by atoms with Crippen molar-refractivity contribution in [1.82, 2.24) is 0 Å². The van der Waals surface area contributed by atoms with Crippen molar-refractivity contribution >= 4 is 12.0 Å². The van der Waals surface area contributed by atoms with E-state index in [-0.39, 0.29) is 17.9 Å². The summed E-state index contributed by atoms with van der Waals surface area (Å²) >= 11 is 0. The molecule has 1 N–H and O–H groups in total. The monoisotopic (exact) mass is 272 g/mol. The molecule has 0 saturated carbocycles. The number of carboxylic acid groups (broad SMARTS) is 1. The zero-order valence-corrected chi connectivity index (χ0v) is 10.6. The Bertz CT molecular complexity index is 621. The van der Waals surface area contributed by atoms with Gasteiger partial charge in [-0.05, 0) is 29.8 Å². The molecule has 0 unspecified atom stereocenters. The van der Waals surface area contributed by atoms with Gasteiger partial charge < -0.3 is 9.84 Å². The highest BCUT2D eigenvalue weighted by Gasteiger charge is 2.11. The Hall–Kier alpha value is -2.62. The van der Waals surface area contributed by atoms with Crippen LogP contribution < -0.4 is 4.74 Å². The number of hydrogen-bond acceptors (Lipinski definition) is 2. The van der Waals surface area contributed by atoms with E-state index >= 15 is 0 Å². The third kappa shape index (κ3) is 3.68. The molecule has 0 aliphatic rings. The van der Waals surface area contributed by atoms with E-state index in [1.165, 1.54) is 12.1 Å². The Kier molecular flexibility index (Phi) is 4.50. The number of aromatic carboxylic acids is 1. The lowest BCUT2D eigenvalue weighted by Gasteiger charge is -2.06. The average Bonchev–Trinajstić information content (AvgIpc) is 2.45. The number of rotatable bonds is 5. The standard InChI is InChI=1S/C16H13FO3/c17-13-8-9-15(14(11-13)16(18)19)20-10-4-7-12-5-2-1-3-6-12/h1-9,11H,10H2,(H,18,19)/b7-4+. The van der Waals surface area contributed by atoms with E-state index in [9.17, 15) is 9.18 Å². The van der Waals surface area contributed by atoms with Gasteiger partial charge >= 0.3 is 5.97 Å². The van der Waals surface area contributed by atoms with Crippen LogP contribution >= 0.6 is 0 Å². The summed E-state index contributed by atoms with van der Waals surface area (Å²) in [5.41, 5.74) is 0.840. The van der Waals surface area contributed by atoms with Crippen LogP contribution in [0.1, 0.15) is 15.9 Å². The number of carbonyl (C=O) groups is 1. The van der Waals surface area contributed by atoms with Crippen molar-refractivity contribution in [3.05, 3.63) is 71.6 Å². The van der Waals surface area contributed by atoms with Gasteiger partial charge in [-0.2, -0.15) is 0 Å². The molecule has 2 aromatic carbocycles. The molecule has 0 aromatic heterocycles. The number of benzene rings is 2. The first kappa shape index (κ1) is 13.8. The zero-order valence-electron chi connectivity index (χ0n) is 10.6. The summed E-state index contributed by atoms with van der Waals surface area (Å²) in [5, 5.41) is 8.96. The fourth-order valence-electron chi connectivity index (χ4n) is 1.68. The topological polar surface area (TPSA) is 46.5 Å². The maximum atomic E-state index is 13.0. The summed E-state index contributed by atoms with van der Waals surface area (Å²) < 4.78 is 18.3. The summed E-state index contributed by atoms with van der Waals surface area (Å²) in [5.74, 6) is -1.67. The van der Waals surface area contributed by atoms with Gasteiger partial charge in [0.25, 0.3) is 0 Å². The molecular formula is C16H13FO3. The minimum Gasteiger partial charge on any atom is -0.489 e. The molecule has 2 rings (SSSR count). The molecule has 0 fully saturated rings. The number of halogens is 1. The SMILES string of the molecule is O=C(O)c1cc(F)ccc1OC/C=C/c1ccccc1. The summed E-state index contributed by atoms with van der Waals surface area (Å²) in [7, 11) is 0. The van der Waals surface area contributed by atoms with Gasteiger partial charge in [-0.25, -0.2) is 9.18 Å². The smallest absolute Gasteiger partial charge is 0.339 e. The van der Waals surface area contributed by atoms with Crippen LogP contribution in [0, 0.1) is 5.82 Å². The third-order valence-electron chi connectivity index (χ3n) is 2.62. The van der Waals surface area contributed by atoms with Gasteiger partial charge in [0.15, 0.2) is 0 Å². The Labute approximate surface area is 115 Å². The highest BCUT2D eigenvalue weighted by molar-refractivity contribution is 5.90. The van der Waals surface area contributed by atoms with E-state index in [4.69, 9.17) is 9.84 Å². The average molecular weight is 272 g/mol. The second-order valence-electron chi connectivity index (χ2n) is 4.07. The molecule has 20 heavy (non-hydrogen) atoms. The summed E-state index contributed by atoms with van der Waals surface area (Å²) in [4.78, 5) is 11.0. The number of carboxylic acids is 1. The molecule has 2 aromatic rings. The van der Waals surface area contributed by atoms with Crippen LogP contribution in [0.25, 0.3) is 6.08 Å². The quantitative estimate of drug-likeness (QED) is 0.904. The first-order valence-corrected chi connectivity index (χ1v) is 6.04. The van der Waals surface area contributed by atoms with Gasteiger partial charge in [-0.1, -0.05) is 36.4 Å². The van der Waals surface area contributed by atoms with Crippen molar-refractivity contribution in [2.75, 3.05) is 6.61 Å². The molecule has 0 aliphatic carbocycles. The van der Waals surface area contributed by atoms with Crippen LogP contribution in [0.2, 0.25) is 0 Å². The van der Waals surface area contributed by atoms with Crippen molar-refractivity contribution in [3.63, 3.8) is 0 Å². The predicted octanol–water partition coefficient (Wildman–Crippen LogP) is 3.62. The van der Waals surface area contributed by atoms with Crippen LogP contribution in [0.15, 0.2) is 54.6 Å². The van der Waals surface area contributed by atoms with Gasteiger partial charge in [0.2, 0.25) is 0 Å². The Morgan fingerprint density at radius 2 is 1.95 bits per heavy atom. The van der Waals surface area contributed by atoms with Crippen molar-refractivity contribution in [1.29, 1.82) is 0 Å². The van der Waals surface area contributed by atoms with E-state index in [1.54, 1.807) is 6.08 Å². The molecule has 0 amide bonds. The maximum Gasteiger partial charge on any atom is 0.339 e. The van der Waals surface area contributed by atoms with Crippen LogP contribution in [0.3, 0.4) is 0 Å². The van der Waals surface area contributed by atoms with Crippen molar-refractivity contribution in [3.8, 4) is 5.75 Å². The lowest BCUT2D eigenvalue weighted by Crippen LogP contribution is -2.03. The fourth-order valence-corrected chi connectivity index (χ4v) is 1.68.